The summed E-state index contributed by atoms with van der Waals surface area (Å²) in [5, 5.41) is 0. The van der Waals surface area contributed by atoms with Crippen molar-refractivity contribution < 1.29 is 8.42 Å². The standard InChI is InChI=1S/C14H21N3O3S/c1-17-11-3-2-4-12(17)8-10(7-11)16-21(19,20)13-5-6-14(18)15-9-13/h5-6,9-12,16H,2-4,7-8H2,1H3,(H,15,18). The fourth-order valence-electron chi connectivity index (χ4n) is 3.56. The Hall–Kier alpha value is -1.18. The molecule has 0 spiro atoms. The zero-order valence-electron chi connectivity index (χ0n) is 12.1. The highest BCUT2D eigenvalue weighted by Crippen LogP contribution is 2.33. The number of rotatable bonds is 3. The van der Waals surface area contributed by atoms with Crippen LogP contribution < -0.4 is 10.3 Å². The lowest BCUT2D eigenvalue weighted by Crippen LogP contribution is -2.55. The fourth-order valence-corrected chi connectivity index (χ4v) is 4.79. The highest BCUT2D eigenvalue weighted by Gasteiger charge is 2.37. The molecule has 2 aliphatic heterocycles. The van der Waals surface area contributed by atoms with E-state index >= 15 is 0 Å². The van der Waals surface area contributed by atoms with E-state index in [4.69, 9.17) is 0 Å². The molecule has 0 saturated carbocycles. The molecular formula is C14H21N3O3S. The molecule has 6 nitrogen and oxygen atoms in total. The predicted molar refractivity (Wildman–Crippen MR) is 79.6 cm³/mol. The third kappa shape index (κ3) is 3.04. The van der Waals surface area contributed by atoms with Crippen molar-refractivity contribution in [2.75, 3.05) is 7.05 Å². The van der Waals surface area contributed by atoms with E-state index in [9.17, 15) is 13.2 Å². The van der Waals surface area contributed by atoms with E-state index in [1.807, 2.05) is 0 Å². The first-order valence-electron chi connectivity index (χ1n) is 7.39. The van der Waals surface area contributed by atoms with Gasteiger partial charge in [-0.05, 0) is 38.8 Å². The topological polar surface area (TPSA) is 82.3 Å². The third-order valence-corrected chi connectivity index (χ3v) is 6.25. The Bertz CT molecular complexity index is 636. The molecular weight excluding hydrogens is 290 g/mol. The normalized spacial score (nSPS) is 30.2. The summed E-state index contributed by atoms with van der Waals surface area (Å²) in [6, 6.07) is 3.50. The number of H-pyrrole nitrogens is 1. The number of fused-ring (bicyclic) bond motifs is 2. The maximum absolute atomic E-state index is 12.4. The number of aromatic amines is 1. The number of aromatic nitrogens is 1. The van der Waals surface area contributed by atoms with Gasteiger partial charge in [-0.15, -0.1) is 0 Å². The van der Waals surface area contributed by atoms with E-state index in [1.54, 1.807) is 0 Å². The van der Waals surface area contributed by atoms with Gasteiger partial charge >= 0.3 is 0 Å². The zero-order valence-corrected chi connectivity index (χ0v) is 12.9. The van der Waals surface area contributed by atoms with E-state index in [1.165, 1.54) is 24.8 Å². The molecule has 1 aromatic heterocycles. The summed E-state index contributed by atoms with van der Waals surface area (Å²) in [5.41, 5.74) is -0.303. The summed E-state index contributed by atoms with van der Waals surface area (Å²) in [5.74, 6) is 0. The molecule has 2 unspecified atom stereocenters. The first-order chi connectivity index (χ1) is 9.95. The minimum absolute atomic E-state index is 0.0200. The van der Waals surface area contributed by atoms with Gasteiger partial charge in [0.2, 0.25) is 15.6 Å². The highest BCUT2D eigenvalue weighted by atomic mass is 32.2. The molecule has 2 bridgehead atoms. The van der Waals surface area contributed by atoms with Gasteiger partial charge < -0.3 is 9.88 Å². The SMILES string of the molecule is CN1C2CCCC1CC(NS(=O)(=O)c1ccc(=O)[nH]c1)C2. The number of hydrogen-bond donors (Lipinski definition) is 2. The number of sulfonamides is 1. The van der Waals surface area contributed by atoms with Gasteiger partial charge in [-0.1, -0.05) is 6.42 Å². The molecule has 2 fully saturated rings. The summed E-state index contributed by atoms with van der Waals surface area (Å²) < 4.78 is 27.5. The largest absolute Gasteiger partial charge is 0.328 e. The lowest BCUT2D eigenvalue weighted by atomic mass is 9.83. The van der Waals surface area contributed by atoms with Gasteiger partial charge in [0.1, 0.15) is 0 Å². The van der Waals surface area contributed by atoms with E-state index in [-0.39, 0.29) is 16.5 Å². The molecule has 21 heavy (non-hydrogen) atoms. The second-order valence-electron chi connectivity index (χ2n) is 6.08. The molecule has 1 aromatic rings. The van der Waals surface area contributed by atoms with Crippen LogP contribution in [0.2, 0.25) is 0 Å². The molecule has 0 aromatic carbocycles. The number of nitrogens with one attached hydrogen (secondary N) is 2. The average Bonchev–Trinajstić information content (AvgIpc) is 2.40. The fraction of sp³-hybridized carbons (Fsp3) is 0.643. The predicted octanol–water partition coefficient (Wildman–Crippen LogP) is 0.669. The third-order valence-electron chi connectivity index (χ3n) is 4.73. The van der Waals surface area contributed by atoms with Gasteiger partial charge in [0.15, 0.2) is 0 Å². The van der Waals surface area contributed by atoms with Crippen molar-refractivity contribution in [2.24, 2.45) is 0 Å². The Morgan fingerprint density at radius 1 is 1.24 bits per heavy atom. The Morgan fingerprint density at radius 3 is 2.48 bits per heavy atom. The molecule has 116 valence electrons. The lowest BCUT2D eigenvalue weighted by Gasteiger charge is -2.47. The van der Waals surface area contributed by atoms with Crippen LogP contribution in [0.1, 0.15) is 32.1 Å². The Labute approximate surface area is 124 Å². The summed E-state index contributed by atoms with van der Waals surface area (Å²) >= 11 is 0. The van der Waals surface area contributed by atoms with Crippen molar-refractivity contribution in [2.45, 2.75) is 55.1 Å². The minimum Gasteiger partial charge on any atom is -0.328 e. The first kappa shape index (κ1) is 14.7. The summed E-state index contributed by atoms with van der Waals surface area (Å²) in [4.78, 5) is 16.0. The van der Waals surface area contributed by atoms with Crippen LogP contribution in [0.4, 0.5) is 0 Å². The summed E-state index contributed by atoms with van der Waals surface area (Å²) in [6.45, 7) is 0. The molecule has 2 atom stereocenters. The Balaban J connectivity index is 1.74. The molecule has 2 saturated heterocycles. The van der Waals surface area contributed by atoms with E-state index < -0.39 is 10.0 Å². The lowest BCUT2D eigenvalue weighted by molar-refractivity contribution is 0.0536. The molecule has 0 amide bonds. The van der Waals surface area contributed by atoms with Crippen molar-refractivity contribution >= 4 is 10.0 Å². The van der Waals surface area contributed by atoms with Crippen molar-refractivity contribution in [3.05, 3.63) is 28.7 Å². The molecule has 7 heteroatoms. The van der Waals surface area contributed by atoms with Crippen molar-refractivity contribution in [3.8, 4) is 0 Å². The number of piperidine rings is 2. The average molecular weight is 311 g/mol. The highest BCUT2D eigenvalue weighted by molar-refractivity contribution is 7.89. The first-order valence-corrected chi connectivity index (χ1v) is 8.87. The number of pyridine rings is 1. The van der Waals surface area contributed by atoms with Crippen LogP contribution in [0, 0.1) is 0 Å². The summed E-state index contributed by atoms with van der Waals surface area (Å²) in [6.07, 6.45) is 6.48. The van der Waals surface area contributed by atoms with Crippen LogP contribution in [0.15, 0.2) is 28.0 Å². The monoisotopic (exact) mass is 311 g/mol. The maximum Gasteiger partial charge on any atom is 0.247 e. The van der Waals surface area contributed by atoms with Crippen molar-refractivity contribution in [1.82, 2.24) is 14.6 Å². The van der Waals surface area contributed by atoms with Gasteiger partial charge in [-0.25, -0.2) is 13.1 Å². The van der Waals surface area contributed by atoms with Crippen LogP contribution in [0.5, 0.6) is 0 Å². The van der Waals surface area contributed by atoms with Crippen LogP contribution in [0.3, 0.4) is 0 Å². The van der Waals surface area contributed by atoms with Crippen LogP contribution in [-0.2, 0) is 10.0 Å². The number of hydrogen-bond acceptors (Lipinski definition) is 4. The van der Waals surface area contributed by atoms with Crippen LogP contribution in [-0.4, -0.2) is 43.5 Å². The quantitative estimate of drug-likeness (QED) is 0.859. The van der Waals surface area contributed by atoms with E-state index in [0.717, 1.165) is 25.7 Å². The number of nitrogens with zero attached hydrogens (tertiary/aromatic N) is 1. The molecule has 0 aliphatic carbocycles. The molecule has 2 N–H and O–H groups in total. The molecule has 2 aliphatic rings. The van der Waals surface area contributed by atoms with E-state index in [0.29, 0.717) is 12.1 Å². The summed E-state index contributed by atoms with van der Waals surface area (Å²) in [7, 11) is -1.42. The maximum atomic E-state index is 12.4. The second-order valence-corrected chi connectivity index (χ2v) is 7.80. The molecule has 3 heterocycles. The molecule has 0 radical (unpaired) electrons. The van der Waals surface area contributed by atoms with Gasteiger partial charge in [-0.2, -0.15) is 0 Å². The van der Waals surface area contributed by atoms with Crippen LogP contribution in [0.25, 0.3) is 0 Å². The Kier molecular flexibility index (Phi) is 3.90. The van der Waals surface area contributed by atoms with Crippen molar-refractivity contribution in [3.63, 3.8) is 0 Å². The molecule has 3 rings (SSSR count). The smallest absolute Gasteiger partial charge is 0.247 e. The second kappa shape index (κ2) is 5.55. The minimum atomic E-state index is -3.56. The van der Waals surface area contributed by atoms with Gasteiger partial charge in [0.05, 0.1) is 4.90 Å². The van der Waals surface area contributed by atoms with Gasteiger partial charge in [0.25, 0.3) is 0 Å². The van der Waals surface area contributed by atoms with E-state index in [2.05, 4.69) is 21.7 Å². The van der Waals surface area contributed by atoms with Crippen molar-refractivity contribution in [1.29, 1.82) is 0 Å². The van der Waals surface area contributed by atoms with Crippen LogP contribution >= 0.6 is 0 Å². The van der Waals surface area contributed by atoms with Gasteiger partial charge in [-0.3, -0.25) is 4.79 Å². The zero-order chi connectivity index (χ0) is 15.0. The Morgan fingerprint density at radius 2 is 1.90 bits per heavy atom. The van der Waals surface area contributed by atoms with Gasteiger partial charge in [0, 0.05) is 30.4 Å².